The standard InChI is InChI=1S/C12H13BrN2/c1-9-3-2-4-10(7-9)5-6-11-12(13)15-8-14-11/h2-4,7-8H,5-6H2,1H3,(H,14,15). The van der Waals surface area contributed by atoms with Crippen LogP contribution in [-0.2, 0) is 12.8 Å². The Morgan fingerprint density at radius 3 is 2.87 bits per heavy atom. The minimum Gasteiger partial charge on any atom is -0.348 e. The highest BCUT2D eigenvalue weighted by Gasteiger charge is 2.02. The maximum absolute atomic E-state index is 4.11. The average Bonchev–Trinajstić information content (AvgIpc) is 2.61. The lowest BCUT2D eigenvalue weighted by molar-refractivity contribution is 0.918. The Hall–Kier alpha value is -1.09. The number of benzene rings is 1. The number of rotatable bonds is 3. The summed E-state index contributed by atoms with van der Waals surface area (Å²) in [4.78, 5) is 7.24. The lowest BCUT2D eigenvalue weighted by Gasteiger charge is -2.01. The highest BCUT2D eigenvalue weighted by molar-refractivity contribution is 9.10. The molecular weight excluding hydrogens is 252 g/mol. The van der Waals surface area contributed by atoms with Gasteiger partial charge in [0.2, 0.25) is 0 Å². The molecule has 0 radical (unpaired) electrons. The molecule has 1 aromatic carbocycles. The van der Waals surface area contributed by atoms with E-state index in [2.05, 4.69) is 57.1 Å². The summed E-state index contributed by atoms with van der Waals surface area (Å²) in [5, 5.41) is 0. The van der Waals surface area contributed by atoms with Crippen LogP contribution in [0.5, 0.6) is 0 Å². The first kappa shape index (κ1) is 10.4. The van der Waals surface area contributed by atoms with Gasteiger partial charge in [-0.05, 0) is 41.3 Å². The van der Waals surface area contributed by atoms with Crippen molar-refractivity contribution in [3.63, 3.8) is 0 Å². The predicted octanol–water partition coefficient (Wildman–Crippen LogP) is 3.27. The molecule has 0 spiro atoms. The van der Waals surface area contributed by atoms with Gasteiger partial charge in [-0.1, -0.05) is 29.8 Å². The molecule has 1 aromatic heterocycles. The minimum atomic E-state index is 0.926. The van der Waals surface area contributed by atoms with Crippen molar-refractivity contribution in [3.05, 3.63) is 52.0 Å². The van der Waals surface area contributed by atoms with Gasteiger partial charge in [-0.15, -0.1) is 0 Å². The Bertz CT molecular complexity index is 448. The van der Waals surface area contributed by atoms with Gasteiger partial charge in [0, 0.05) is 5.69 Å². The summed E-state index contributed by atoms with van der Waals surface area (Å²) in [6.45, 7) is 2.12. The highest BCUT2D eigenvalue weighted by atomic mass is 79.9. The number of imidazole rings is 1. The number of aryl methyl sites for hydroxylation is 3. The molecule has 78 valence electrons. The third-order valence-corrected chi connectivity index (χ3v) is 3.10. The summed E-state index contributed by atoms with van der Waals surface area (Å²) >= 11 is 3.41. The summed E-state index contributed by atoms with van der Waals surface area (Å²) in [6.07, 6.45) is 3.75. The molecule has 2 rings (SSSR count). The maximum atomic E-state index is 4.11. The molecular formula is C12H13BrN2. The van der Waals surface area contributed by atoms with Crippen molar-refractivity contribution in [3.8, 4) is 0 Å². The van der Waals surface area contributed by atoms with E-state index in [1.54, 1.807) is 6.33 Å². The van der Waals surface area contributed by atoms with E-state index in [1.165, 1.54) is 11.1 Å². The average molecular weight is 265 g/mol. The second-order valence-electron chi connectivity index (χ2n) is 3.66. The van der Waals surface area contributed by atoms with Crippen LogP contribution in [0.15, 0.2) is 35.2 Å². The topological polar surface area (TPSA) is 28.7 Å². The van der Waals surface area contributed by atoms with Crippen LogP contribution in [0.3, 0.4) is 0 Å². The van der Waals surface area contributed by atoms with E-state index in [0.29, 0.717) is 0 Å². The molecule has 2 nitrogen and oxygen atoms in total. The zero-order valence-corrected chi connectivity index (χ0v) is 10.2. The molecule has 0 amide bonds. The van der Waals surface area contributed by atoms with E-state index in [4.69, 9.17) is 0 Å². The van der Waals surface area contributed by atoms with E-state index >= 15 is 0 Å². The Morgan fingerprint density at radius 2 is 2.20 bits per heavy atom. The van der Waals surface area contributed by atoms with Gasteiger partial charge in [-0.3, -0.25) is 0 Å². The molecule has 1 N–H and O–H groups in total. The Kier molecular flexibility index (Phi) is 3.21. The number of hydrogen-bond acceptors (Lipinski definition) is 1. The van der Waals surface area contributed by atoms with Gasteiger partial charge in [0.05, 0.1) is 6.33 Å². The first-order valence-corrected chi connectivity index (χ1v) is 5.78. The number of aromatic amines is 1. The summed E-state index contributed by atoms with van der Waals surface area (Å²) in [5.41, 5.74) is 3.85. The zero-order valence-electron chi connectivity index (χ0n) is 8.63. The van der Waals surface area contributed by atoms with Crippen LogP contribution in [0.2, 0.25) is 0 Å². The van der Waals surface area contributed by atoms with Crippen molar-refractivity contribution in [2.24, 2.45) is 0 Å². The largest absolute Gasteiger partial charge is 0.348 e. The summed E-state index contributed by atoms with van der Waals surface area (Å²) in [7, 11) is 0. The molecule has 3 heteroatoms. The fourth-order valence-electron chi connectivity index (χ4n) is 1.62. The minimum absolute atomic E-state index is 0.926. The van der Waals surface area contributed by atoms with Gasteiger partial charge < -0.3 is 4.98 Å². The summed E-state index contributed by atoms with van der Waals surface area (Å²) < 4.78 is 0.926. The molecule has 0 aliphatic heterocycles. The summed E-state index contributed by atoms with van der Waals surface area (Å²) in [6, 6.07) is 8.61. The highest BCUT2D eigenvalue weighted by Crippen LogP contribution is 2.14. The molecule has 1 heterocycles. The van der Waals surface area contributed by atoms with Crippen LogP contribution in [0.4, 0.5) is 0 Å². The van der Waals surface area contributed by atoms with E-state index in [-0.39, 0.29) is 0 Å². The van der Waals surface area contributed by atoms with Gasteiger partial charge in [0.1, 0.15) is 4.60 Å². The van der Waals surface area contributed by atoms with Crippen molar-refractivity contribution < 1.29 is 0 Å². The SMILES string of the molecule is Cc1cccc(CCc2[nH]cnc2Br)c1. The Morgan fingerprint density at radius 1 is 1.33 bits per heavy atom. The van der Waals surface area contributed by atoms with Crippen molar-refractivity contribution in [2.75, 3.05) is 0 Å². The second-order valence-corrected chi connectivity index (χ2v) is 4.41. The van der Waals surface area contributed by atoms with Crippen LogP contribution < -0.4 is 0 Å². The number of hydrogen-bond donors (Lipinski definition) is 1. The number of H-pyrrole nitrogens is 1. The van der Waals surface area contributed by atoms with Gasteiger partial charge in [0.25, 0.3) is 0 Å². The van der Waals surface area contributed by atoms with Gasteiger partial charge in [0.15, 0.2) is 0 Å². The van der Waals surface area contributed by atoms with Crippen molar-refractivity contribution in [1.82, 2.24) is 9.97 Å². The smallest absolute Gasteiger partial charge is 0.127 e. The molecule has 0 unspecified atom stereocenters. The van der Waals surface area contributed by atoms with Crippen molar-refractivity contribution >= 4 is 15.9 Å². The van der Waals surface area contributed by atoms with E-state index in [0.717, 1.165) is 23.1 Å². The lowest BCUT2D eigenvalue weighted by Crippen LogP contribution is -1.92. The number of nitrogens with zero attached hydrogens (tertiary/aromatic N) is 1. The summed E-state index contributed by atoms with van der Waals surface area (Å²) in [5.74, 6) is 0. The second kappa shape index (κ2) is 4.62. The fraction of sp³-hybridized carbons (Fsp3) is 0.250. The van der Waals surface area contributed by atoms with Crippen LogP contribution >= 0.6 is 15.9 Å². The third kappa shape index (κ3) is 2.69. The fourth-order valence-corrected chi connectivity index (χ4v) is 2.03. The van der Waals surface area contributed by atoms with Crippen molar-refractivity contribution in [2.45, 2.75) is 19.8 Å². The van der Waals surface area contributed by atoms with Crippen molar-refractivity contribution in [1.29, 1.82) is 0 Å². The van der Waals surface area contributed by atoms with Crippen LogP contribution in [0, 0.1) is 6.92 Å². The zero-order chi connectivity index (χ0) is 10.7. The first-order valence-electron chi connectivity index (χ1n) is 4.99. The quantitative estimate of drug-likeness (QED) is 0.906. The molecule has 0 saturated carbocycles. The van der Waals surface area contributed by atoms with E-state index in [9.17, 15) is 0 Å². The lowest BCUT2D eigenvalue weighted by atomic mass is 10.1. The molecule has 15 heavy (non-hydrogen) atoms. The molecule has 2 aromatic rings. The van der Waals surface area contributed by atoms with E-state index < -0.39 is 0 Å². The molecule has 0 saturated heterocycles. The monoisotopic (exact) mass is 264 g/mol. The van der Waals surface area contributed by atoms with E-state index in [1.807, 2.05) is 0 Å². The Labute approximate surface area is 97.9 Å². The molecule has 0 fully saturated rings. The third-order valence-electron chi connectivity index (χ3n) is 2.41. The normalized spacial score (nSPS) is 10.5. The number of halogens is 1. The van der Waals surface area contributed by atoms with Gasteiger partial charge in [-0.25, -0.2) is 4.98 Å². The first-order chi connectivity index (χ1) is 7.25. The molecule has 0 bridgehead atoms. The van der Waals surface area contributed by atoms with Gasteiger partial charge in [-0.2, -0.15) is 0 Å². The van der Waals surface area contributed by atoms with Crippen LogP contribution in [0.1, 0.15) is 16.8 Å². The van der Waals surface area contributed by atoms with Gasteiger partial charge >= 0.3 is 0 Å². The molecule has 0 aliphatic rings. The molecule has 0 atom stereocenters. The van der Waals surface area contributed by atoms with Crippen LogP contribution in [-0.4, -0.2) is 9.97 Å². The predicted molar refractivity (Wildman–Crippen MR) is 64.9 cm³/mol. The number of nitrogens with one attached hydrogen (secondary N) is 1. The Balaban J connectivity index is 2.02. The molecule has 0 aliphatic carbocycles. The number of aromatic nitrogens is 2. The van der Waals surface area contributed by atoms with Crippen LogP contribution in [0.25, 0.3) is 0 Å². The maximum Gasteiger partial charge on any atom is 0.127 e.